The second-order valence-electron chi connectivity index (χ2n) is 4.91. The molecule has 1 fully saturated rings. The third-order valence-electron chi connectivity index (χ3n) is 3.47. The molecule has 2 rings (SSSR count). The van der Waals surface area contributed by atoms with Gasteiger partial charge in [-0.3, -0.25) is 14.5 Å². The lowest BCUT2D eigenvalue weighted by Crippen LogP contribution is -2.52. The maximum Gasteiger partial charge on any atom is 0.317 e. The summed E-state index contributed by atoms with van der Waals surface area (Å²) in [5.74, 6) is -1.67. The van der Waals surface area contributed by atoms with Gasteiger partial charge in [0.15, 0.2) is 0 Å². The maximum atomic E-state index is 13.8. The number of likely N-dealkylation sites (N-methyl/N-ethyl adjacent to an activating group) is 1. The molecule has 0 spiro atoms. The van der Waals surface area contributed by atoms with E-state index in [1.165, 1.54) is 15.9 Å². The minimum atomic E-state index is -0.983. The molecule has 20 heavy (non-hydrogen) atoms. The number of piperidine rings is 1. The Labute approximate surface area is 116 Å². The molecule has 1 aliphatic rings. The molecule has 1 unspecified atom stereocenters. The fourth-order valence-electron chi connectivity index (χ4n) is 2.50. The van der Waals surface area contributed by atoms with Crippen molar-refractivity contribution in [3.05, 3.63) is 30.1 Å². The van der Waals surface area contributed by atoms with E-state index in [1.807, 2.05) is 0 Å². The highest BCUT2D eigenvalue weighted by Crippen LogP contribution is 2.25. The van der Waals surface area contributed by atoms with Crippen LogP contribution in [0.3, 0.4) is 0 Å². The number of hydrogen-bond acceptors (Lipinski definition) is 3. The summed E-state index contributed by atoms with van der Waals surface area (Å²) in [6, 6.07) is 5.61. The summed E-state index contributed by atoms with van der Waals surface area (Å²) in [5.41, 5.74) is 0.255. The standard InChI is InChI=1S/C14H17FN2O3/c1-16(9-13(18)19)12-7-4-8-17(14(12)20)11-6-3-2-5-10(11)15/h2-3,5-6,12H,4,7-9H2,1H3,(H,18,19). The van der Waals surface area contributed by atoms with Crippen LogP contribution in [0.5, 0.6) is 0 Å². The summed E-state index contributed by atoms with van der Waals surface area (Å²) in [6.45, 7) is 0.249. The van der Waals surface area contributed by atoms with E-state index in [2.05, 4.69) is 0 Å². The van der Waals surface area contributed by atoms with Crippen LogP contribution in [0.4, 0.5) is 10.1 Å². The highest BCUT2D eigenvalue weighted by atomic mass is 19.1. The number of aliphatic carboxylic acids is 1. The van der Waals surface area contributed by atoms with Gasteiger partial charge in [-0.2, -0.15) is 0 Å². The van der Waals surface area contributed by atoms with E-state index in [0.717, 1.165) is 0 Å². The monoisotopic (exact) mass is 280 g/mol. The minimum absolute atomic E-state index is 0.207. The number of carbonyl (C=O) groups excluding carboxylic acids is 1. The number of benzene rings is 1. The molecule has 0 aliphatic carbocycles. The number of halogens is 1. The van der Waals surface area contributed by atoms with Crippen molar-refractivity contribution in [2.75, 3.05) is 25.0 Å². The summed E-state index contributed by atoms with van der Waals surface area (Å²) in [7, 11) is 1.60. The smallest absolute Gasteiger partial charge is 0.317 e. The first-order valence-electron chi connectivity index (χ1n) is 6.48. The first-order chi connectivity index (χ1) is 9.50. The molecule has 1 aromatic rings. The van der Waals surface area contributed by atoms with Crippen LogP contribution in [-0.2, 0) is 9.59 Å². The third kappa shape index (κ3) is 2.96. The SMILES string of the molecule is CN(CC(=O)O)C1CCCN(c2ccccc2F)C1=O. The van der Waals surface area contributed by atoms with Crippen LogP contribution in [0.15, 0.2) is 24.3 Å². The predicted molar refractivity (Wildman–Crippen MR) is 72.0 cm³/mol. The van der Waals surface area contributed by atoms with Gasteiger partial charge in [-0.25, -0.2) is 4.39 Å². The Bertz CT molecular complexity index is 521. The fraction of sp³-hybridized carbons (Fsp3) is 0.429. The number of para-hydroxylation sites is 1. The Kier molecular flexibility index (Phi) is 4.34. The van der Waals surface area contributed by atoms with Crippen LogP contribution in [0, 0.1) is 5.82 Å². The summed E-state index contributed by atoms with van der Waals surface area (Å²) in [5, 5.41) is 8.80. The first kappa shape index (κ1) is 14.5. The number of carboxylic acids is 1. The second-order valence-corrected chi connectivity index (χ2v) is 4.91. The maximum absolute atomic E-state index is 13.8. The van der Waals surface area contributed by atoms with Crippen molar-refractivity contribution >= 4 is 17.6 Å². The summed E-state index contributed by atoms with van der Waals surface area (Å²) >= 11 is 0. The molecule has 5 nitrogen and oxygen atoms in total. The Morgan fingerprint density at radius 3 is 2.85 bits per heavy atom. The van der Waals surface area contributed by atoms with Gasteiger partial charge in [0.25, 0.3) is 0 Å². The van der Waals surface area contributed by atoms with E-state index in [0.29, 0.717) is 19.4 Å². The molecule has 1 heterocycles. The largest absolute Gasteiger partial charge is 0.480 e. The number of carboxylic acid groups (broad SMARTS) is 1. The molecule has 1 N–H and O–H groups in total. The molecule has 0 bridgehead atoms. The van der Waals surface area contributed by atoms with Crippen molar-refractivity contribution in [2.45, 2.75) is 18.9 Å². The van der Waals surface area contributed by atoms with Gasteiger partial charge < -0.3 is 10.0 Å². The van der Waals surface area contributed by atoms with Crippen molar-refractivity contribution in [1.82, 2.24) is 4.90 Å². The number of carbonyl (C=O) groups is 2. The summed E-state index contributed by atoms with van der Waals surface area (Å²) in [4.78, 5) is 26.1. The van der Waals surface area contributed by atoms with Gasteiger partial charge in [-0.15, -0.1) is 0 Å². The van der Waals surface area contributed by atoms with Gasteiger partial charge >= 0.3 is 5.97 Å². The molecule has 1 saturated heterocycles. The van der Waals surface area contributed by atoms with E-state index in [9.17, 15) is 14.0 Å². The normalized spacial score (nSPS) is 19.4. The van der Waals surface area contributed by atoms with Crippen molar-refractivity contribution in [3.63, 3.8) is 0 Å². The average Bonchev–Trinajstić information content (AvgIpc) is 2.39. The molecule has 0 saturated carbocycles. The molecular weight excluding hydrogens is 263 g/mol. The lowest BCUT2D eigenvalue weighted by Gasteiger charge is -2.36. The molecule has 6 heteroatoms. The Hall–Kier alpha value is -1.95. The number of hydrogen-bond donors (Lipinski definition) is 1. The Morgan fingerprint density at radius 2 is 2.20 bits per heavy atom. The highest BCUT2D eigenvalue weighted by molar-refractivity contribution is 5.98. The average molecular weight is 280 g/mol. The molecular formula is C14H17FN2O3. The highest BCUT2D eigenvalue weighted by Gasteiger charge is 2.33. The van der Waals surface area contributed by atoms with Gasteiger partial charge in [0.2, 0.25) is 5.91 Å². The predicted octanol–water partition coefficient (Wildman–Crippen LogP) is 1.34. The van der Waals surface area contributed by atoms with Crippen molar-refractivity contribution in [2.24, 2.45) is 0 Å². The van der Waals surface area contributed by atoms with Crippen LogP contribution < -0.4 is 4.90 Å². The minimum Gasteiger partial charge on any atom is -0.480 e. The topological polar surface area (TPSA) is 60.9 Å². The zero-order valence-corrected chi connectivity index (χ0v) is 11.3. The van der Waals surface area contributed by atoms with E-state index in [-0.39, 0.29) is 18.1 Å². The van der Waals surface area contributed by atoms with E-state index in [4.69, 9.17) is 5.11 Å². The quantitative estimate of drug-likeness (QED) is 0.904. The van der Waals surface area contributed by atoms with E-state index in [1.54, 1.807) is 25.2 Å². The number of amides is 1. The Balaban J connectivity index is 2.19. The van der Waals surface area contributed by atoms with Gasteiger partial charge in [-0.1, -0.05) is 12.1 Å². The summed E-state index contributed by atoms with van der Waals surface area (Å²) < 4.78 is 13.8. The lowest BCUT2D eigenvalue weighted by atomic mass is 10.0. The number of rotatable bonds is 4. The van der Waals surface area contributed by atoms with Crippen LogP contribution in [0.2, 0.25) is 0 Å². The van der Waals surface area contributed by atoms with Gasteiger partial charge in [0.1, 0.15) is 5.82 Å². The van der Waals surface area contributed by atoms with Gasteiger partial charge in [0, 0.05) is 6.54 Å². The first-order valence-corrected chi connectivity index (χ1v) is 6.48. The van der Waals surface area contributed by atoms with Crippen LogP contribution in [-0.4, -0.2) is 48.1 Å². The van der Waals surface area contributed by atoms with Crippen molar-refractivity contribution in [1.29, 1.82) is 0 Å². The molecule has 1 atom stereocenters. The molecule has 1 amide bonds. The Morgan fingerprint density at radius 1 is 1.50 bits per heavy atom. The van der Waals surface area contributed by atoms with E-state index < -0.39 is 17.8 Å². The molecule has 108 valence electrons. The number of anilines is 1. The molecule has 0 aromatic heterocycles. The molecule has 0 radical (unpaired) electrons. The molecule has 1 aromatic carbocycles. The van der Waals surface area contributed by atoms with E-state index >= 15 is 0 Å². The lowest BCUT2D eigenvalue weighted by molar-refractivity contribution is -0.139. The second kappa shape index (κ2) is 6.00. The van der Waals surface area contributed by atoms with Gasteiger partial charge in [-0.05, 0) is 32.0 Å². The van der Waals surface area contributed by atoms with Crippen LogP contribution in [0.1, 0.15) is 12.8 Å². The van der Waals surface area contributed by atoms with Crippen molar-refractivity contribution in [3.8, 4) is 0 Å². The molecule has 1 aliphatic heterocycles. The summed E-state index contributed by atoms with van der Waals surface area (Å²) in [6.07, 6.45) is 1.31. The van der Waals surface area contributed by atoms with Gasteiger partial charge in [0.05, 0.1) is 18.3 Å². The zero-order valence-electron chi connectivity index (χ0n) is 11.3. The van der Waals surface area contributed by atoms with Crippen molar-refractivity contribution < 1.29 is 19.1 Å². The van der Waals surface area contributed by atoms with Crippen LogP contribution in [0.25, 0.3) is 0 Å². The fourth-order valence-corrected chi connectivity index (χ4v) is 2.50. The van der Waals surface area contributed by atoms with Crippen LogP contribution >= 0.6 is 0 Å². The third-order valence-corrected chi connectivity index (χ3v) is 3.47. The zero-order chi connectivity index (χ0) is 14.7. The number of nitrogens with zero attached hydrogens (tertiary/aromatic N) is 2.